The number of nitrogens with zero attached hydrogens (tertiary/aromatic N) is 3. The molecule has 1 N–H and O–H groups in total. The molecule has 2 aliphatic carbocycles. The number of aromatic nitrogens is 2. The minimum Gasteiger partial charge on any atom is -0.497 e. The van der Waals surface area contributed by atoms with Gasteiger partial charge in [0.1, 0.15) is 5.75 Å². The Bertz CT molecular complexity index is 1990. The zero-order chi connectivity index (χ0) is 30.0. The third kappa shape index (κ3) is 5.26. The second-order valence-corrected chi connectivity index (χ2v) is 11.4. The number of anilines is 2. The molecule has 7 heteroatoms. The summed E-state index contributed by atoms with van der Waals surface area (Å²) in [6.07, 6.45) is 10.7. The first-order chi connectivity index (χ1) is 21.6. The number of para-hydroxylation sites is 1. The van der Waals surface area contributed by atoms with E-state index in [1.807, 2.05) is 47.4 Å². The summed E-state index contributed by atoms with van der Waals surface area (Å²) in [4.78, 5) is 34.6. The van der Waals surface area contributed by atoms with Crippen molar-refractivity contribution in [2.45, 2.75) is 25.7 Å². The van der Waals surface area contributed by atoms with Crippen LogP contribution in [0, 0.1) is 0 Å². The first kappa shape index (κ1) is 27.7. The van der Waals surface area contributed by atoms with Crippen LogP contribution in [0.1, 0.15) is 30.4 Å². The Morgan fingerprint density at radius 3 is 2.50 bits per heavy atom. The largest absolute Gasteiger partial charge is 0.497 e. The number of carbonyl (C=O) groups excluding carboxylic acids is 1. The number of ether oxygens (including phenoxy) is 1. The van der Waals surface area contributed by atoms with Gasteiger partial charge in [-0.05, 0) is 102 Å². The Kier molecular flexibility index (Phi) is 7.44. The zero-order valence-electron chi connectivity index (χ0n) is 24.8. The van der Waals surface area contributed by atoms with Crippen LogP contribution < -0.4 is 20.1 Å². The highest BCUT2D eigenvalue weighted by Gasteiger charge is 2.26. The number of hydrogen-bond donors (Lipinski definition) is 1. The maximum absolute atomic E-state index is 13.0. The molecule has 1 saturated heterocycles. The fourth-order valence-electron chi connectivity index (χ4n) is 6.57. The molecule has 220 valence electrons. The lowest BCUT2D eigenvalue weighted by atomic mass is 9.79. The molecule has 4 aromatic carbocycles. The molecule has 1 aliphatic heterocycles. The number of nitrogens with one attached hydrogen (secondary N) is 1. The maximum atomic E-state index is 13.0. The third-order valence-electron chi connectivity index (χ3n) is 8.88. The van der Waals surface area contributed by atoms with Crippen LogP contribution in [0.4, 0.5) is 11.4 Å². The van der Waals surface area contributed by atoms with E-state index in [9.17, 15) is 9.59 Å². The smallest absolute Gasteiger partial charge is 0.258 e. The minimum atomic E-state index is -0.0874. The highest BCUT2D eigenvalue weighted by Crippen LogP contribution is 2.40. The minimum absolute atomic E-state index is 0.0874. The summed E-state index contributed by atoms with van der Waals surface area (Å²) in [5.41, 5.74) is 8.66. The number of aryl methyl sites for hydroxylation is 1. The summed E-state index contributed by atoms with van der Waals surface area (Å²) in [6.45, 7) is 1.88. The number of benzene rings is 4. The van der Waals surface area contributed by atoms with Crippen molar-refractivity contribution in [2.24, 2.45) is 0 Å². The molecule has 7 nitrogen and oxygen atoms in total. The van der Waals surface area contributed by atoms with Gasteiger partial charge in [-0.3, -0.25) is 9.59 Å². The average molecular weight is 583 g/mol. The lowest BCUT2D eigenvalue weighted by molar-refractivity contribution is -0.117. The molecule has 0 unspecified atom stereocenters. The van der Waals surface area contributed by atoms with Crippen molar-refractivity contribution in [1.29, 1.82) is 0 Å². The Morgan fingerprint density at radius 2 is 1.68 bits per heavy atom. The molecule has 3 aliphatic rings. The summed E-state index contributed by atoms with van der Waals surface area (Å²) < 4.78 is 5.24. The van der Waals surface area contributed by atoms with E-state index in [1.165, 1.54) is 53.1 Å². The second-order valence-electron chi connectivity index (χ2n) is 11.4. The predicted molar refractivity (Wildman–Crippen MR) is 177 cm³/mol. The van der Waals surface area contributed by atoms with E-state index in [0.29, 0.717) is 18.5 Å². The lowest BCUT2D eigenvalue weighted by Gasteiger charge is -2.36. The molecule has 1 aromatic heterocycles. The normalized spacial score (nSPS) is 16.0. The van der Waals surface area contributed by atoms with Crippen LogP contribution in [0.25, 0.3) is 27.2 Å². The van der Waals surface area contributed by atoms with Crippen molar-refractivity contribution >= 4 is 44.5 Å². The van der Waals surface area contributed by atoms with Gasteiger partial charge in [-0.15, -0.1) is 0 Å². The van der Waals surface area contributed by atoms with Crippen molar-refractivity contribution < 1.29 is 9.53 Å². The number of H-pyrrole nitrogens is 1. The fourth-order valence-corrected chi connectivity index (χ4v) is 6.57. The number of carbonyl (C=O) groups is 1. The Morgan fingerprint density at radius 1 is 0.841 bits per heavy atom. The van der Waals surface area contributed by atoms with Crippen molar-refractivity contribution in [3.63, 3.8) is 0 Å². The summed E-state index contributed by atoms with van der Waals surface area (Å²) in [5.74, 6) is 0.927. The molecular weight excluding hydrogens is 548 g/mol. The van der Waals surface area contributed by atoms with Crippen LogP contribution in [0.3, 0.4) is 0 Å². The fraction of sp³-hybridized carbons (Fsp3) is 0.216. The average Bonchev–Trinajstić information content (AvgIpc) is 3.08. The second kappa shape index (κ2) is 11.8. The number of methoxy groups -OCH3 is 1. The first-order valence-electron chi connectivity index (χ1n) is 15.2. The first-order valence-corrected chi connectivity index (χ1v) is 15.2. The maximum Gasteiger partial charge on any atom is 0.258 e. The van der Waals surface area contributed by atoms with E-state index in [0.717, 1.165) is 35.6 Å². The SMILES string of the molecule is COc1ccc(N2CCN(c3ccc4c5c(ccc4c3)C3=C(CCC=C3)CC5)CC2=O)cc1.O=c1[nH]cnc2ccccc12. The van der Waals surface area contributed by atoms with Gasteiger partial charge in [0.25, 0.3) is 5.56 Å². The van der Waals surface area contributed by atoms with Gasteiger partial charge >= 0.3 is 0 Å². The van der Waals surface area contributed by atoms with Gasteiger partial charge in [0.2, 0.25) is 5.91 Å². The van der Waals surface area contributed by atoms with Crippen molar-refractivity contribution in [1.82, 2.24) is 9.97 Å². The van der Waals surface area contributed by atoms with Gasteiger partial charge in [0.05, 0.1) is 30.9 Å². The summed E-state index contributed by atoms with van der Waals surface area (Å²) in [6, 6.07) is 26.2. The highest BCUT2D eigenvalue weighted by molar-refractivity contribution is 5.99. The Balaban J connectivity index is 0.000000239. The van der Waals surface area contributed by atoms with E-state index in [1.54, 1.807) is 18.7 Å². The molecule has 1 fully saturated rings. The van der Waals surface area contributed by atoms with Gasteiger partial charge < -0.3 is 19.5 Å². The Labute approximate surface area is 256 Å². The summed E-state index contributed by atoms with van der Waals surface area (Å²) in [5, 5.41) is 3.25. The van der Waals surface area contributed by atoms with Crippen molar-refractivity contribution in [2.75, 3.05) is 36.5 Å². The van der Waals surface area contributed by atoms with Crippen LogP contribution in [-0.4, -0.2) is 42.6 Å². The molecule has 2 heterocycles. The van der Waals surface area contributed by atoms with E-state index in [4.69, 9.17) is 4.74 Å². The molecule has 0 bridgehead atoms. The Hall–Kier alpha value is -5.17. The number of piperazine rings is 1. The van der Waals surface area contributed by atoms with Crippen LogP contribution in [-0.2, 0) is 11.2 Å². The van der Waals surface area contributed by atoms with Gasteiger partial charge in [0.15, 0.2) is 0 Å². The van der Waals surface area contributed by atoms with Gasteiger partial charge in [0, 0.05) is 24.5 Å². The molecular formula is C37H34N4O3. The summed E-state index contributed by atoms with van der Waals surface area (Å²) >= 11 is 0. The van der Waals surface area contributed by atoms with Crippen molar-refractivity contribution in [3.8, 4) is 5.75 Å². The van der Waals surface area contributed by atoms with Gasteiger partial charge in [-0.25, -0.2) is 4.98 Å². The van der Waals surface area contributed by atoms with E-state index in [-0.39, 0.29) is 11.5 Å². The van der Waals surface area contributed by atoms with Gasteiger partial charge in [-0.1, -0.05) is 48.1 Å². The van der Waals surface area contributed by atoms with Gasteiger partial charge in [-0.2, -0.15) is 0 Å². The van der Waals surface area contributed by atoms with E-state index < -0.39 is 0 Å². The van der Waals surface area contributed by atoms with E-state index in [2.05, 4.69) is 57.4 Å². The number of allylic oxidation sites excluding steroid dienone is 4. The molecule has 5 aromatic rings. The molecule has 8 rings (SSSR count). The zero-order valence-corrected chi connectivity index (χ0v) is 24.8. The van der Waals surface area contributed by atoms with Crippen molar-refractivity contribution in [3.05, 3.63) is 124 Å². The lowest BCUT2D eigenvalue weighted by Crippen LogP contribution is -2.50. The monoisotopic (exact) mass is 582 g/mol. The molecule has 44 heavy (non-hydrogen) atoms. The van der Waals surface area contributed by atoms with E-state index >= 15 is 0 Å². The number of aromatic amines is 1. The summed E-state index contributed by atoms with van der Waals surface area (Å²) in [7, 11) is 1.65. The highest BCUT2D eigenvalue weighted by atomic mass is 16.5. The third-order valence-corrected chi connectivity index (χ3v) is 8.88. The topological polar surface area (TPSA) is 78.5 Å². The number of amides is 1. The predicted octanol–water partition coefficient (Wildman–Crippen LogP) is 6.67. The quantitative estimate of drug-likeness (QED) is 0.257. The molecule has 0 atom stereocenters. The van der Waals surface area contributed by atoms with Crippen LogP contribution in [0.5, 0.6) is 5.75 Å². The van der Waals surface area contributed by atoms with Crippen LogP contribution >= 0.6 is 0 Å². The van der Waals surface area contributed by atoms with Crippen LogP contribution in [0.2, 0.25) is 0 Å². The number of fused-ring (bicyclic) bond motifs is 5. The molecule has 1 amide bonds. The molecule has 0 saturated carbocycles. The molecule has 0 spiro atoms. The number of rotatable bonds is 3. The number of hydrogen-bond acceptors (Lipinski definition) is 5. The molecule has 0 radical (unpaired) electrons. The standard InChI is InChI=1S/C29H28N2O2.C8H6N2O/c1-33-24-11-8-22(9-12-24)31-17-16-30(19-29(31)32)23-10-15-26-21(18-23)7-14-27-25-5-3-2-4-20(25)6-13-28(26)27;11-8-6-3-1-2-4-7(6)9-5-10-8/h3,5,7-12,14-15,18H,2,4,6,13,16-17,19H2,1H3;1-5H,(H,9,10,11). The van der Waals surface area contributed by atoms with Crippen LogP contribution in [0.15, 0.2) is 108 Å².